The number of nitrogens with one attached hydrogen (secondary N) is 1. The maximum Gasteiger partial charge on any atom is 0.203 e. The van der Waals surface area contributed by atoms with Crippen LogP contribution in [-0.4, -0.2) is 27.3 Å². The minimum absolute atomic E-state index is 0.327. The van der Waals surface area contributed by atoms with Crippen molar-refractivity contribution in [2.75, 3.05) is 26.6 Å². The second kappa shape index (κ2) is 7.93. The second-order valence-electron chi connectivity index (χ2n) is 4.69. The number of rotatable bonds is 6. The molecule has 0 unspecified atom stereocenters. The van der Waals surface area contributed by atoms with E-state index in [0.717, 1.165) is 11.3 Å². The number of para-hydroxylation sites is 1. The van der Waals surface area contributed by atoms with E-state index in [2.05, 4.69) is 10.3 Å². The van der Waals surface area contributed by atoms with Crippen LogP contribution in [-0.2, 0) is 6.54 Å². The Bertz CT molecular complexity index is 672. The summed E-state index contributed by atoms with van der Waals surface area (Å²) in [5.41, 5.74) is 7.65. The summed E-state index contributed by atoms with van der Waals surface area (Å²) in [6, 6.07) is 13.3. The number of aliphatic imine (C=N–C) groups is 1. The average molecular weight is 315 g/mol. The fourth-order valence-electron chi connectivity index (χ4n) is 2.17. The van der Waals surface area contributed by atoms with Gasteiger partial charge in [0.25, 0.3) is 0 Å². The van der Waals surface area contributed by atoms with Crippen molar-refractivity contribution in [1.82, 2.24) is 0 Å². The molecule has 0 spiro atoms. The molecule has 2 aromatic carbocycles. The number of methoxy groups -OCH3 is 3. The van der Waals surface area contributed by atoms with Crippen LogP contribution in [0.4, 0.5) is 5.69 Å². The molecule has 0 fully saturated rings. The van der Waals surface area contributed by atoms with Gasteiger partial charge in [-0.05, 0) is 24.3 Å². The largest absolute Gasteiger partial charge is 0.493 e. The Morgan fingerprint density at radius 3 is 2.26 bits per heavy atom. The van der Waals surface area contributed by atoms with Crippen LogP contribution < -0.4 is 25.3 Å². The van der Waals surface area contributed by atoms with E-state index in [-0.39, 0.29) is 0 Å². The minimum Gasteiger partial charge on any atom is -0.493 e. The molecule has 0 atom stereocenters. The molecule has 0 aliphatic carbocycles. The number of nitrogens with zero attached hydrogens (tertiary/aromatic N) is 1. The number of benzene rings is 2. The zero-order valence-electron chi connectivity index (χ0n) is 13.5. The molecule has 0 saturated carbocycles. The van der Waals surface area contributed by atoms with E-state index in [1.165, 1.54) is 0 Å². The molecule has 23 heavy (non-hydrogen) atoms. The van der Waals surface area contributed by atoms with Crippen LogP contribution in [0.5, 0.6) is 17.2 Å². The third-order valence-electron chi connectivity index (χ3n) is 3.25. The van der Waals surface area contributed by atoms with Crippen molar-refractivity contribution >= 4 is 11.6 Å². The predicted octanol–water partition coefficient (Wildman–Crippen LogP) is 2.64. The maximum absolute atomic E-state index is 5.91. The molecule has 3 N–H and O–H groups in total. The van der Waals surface area contributed by atoms with E-state index < -0.39 is 0 Å². The molecule has 122 valence electrons. The lowest BCUT2D eigenvalue weighted by Crippen LogP contribution is -2.22. The smallest absolute Gasteiger partial charge is 0.203 e. The number of guanidine groups is 1. The van der Waals surface area contributed by atoms with Crippen LogP contribution in [0.25, 0.3) is 0 Å². The molecule has 0 bridgehead atoms. The predicted molar refractivity (Wildman–Crippen MR) is 91.5 cm³/mol. The summed E-state index contributed by atoms with van der Waals surface area (Å²) in [4.78, 5) is 4.34. The summed E-state index contributed by atoms with van der Waals surface area (Å²) >= 11 is 0. The fraction of sp³-hybridized carbons (Fsp3) is 0.235. The zero-order valence-corrected chi connectivity index (χ0v) is 13.5. The molecule has 6 heteroatoms. The summed E-state index contributed by atoms with van der Waals surface area (Å²) < 4.78 is 16.0. The van der Waals surface area contributed by atoms with Gasteiger partial charge < -0.3 is 25.3 Å². The van der Waals surface area contributed by atoms with E-state index in [0.29, 0.717) is 29.8 Å². The topological polar surface area (TPSA) is 78.1 Å². The number of nitrogens with two attached hydrogens (primary N) is 1. The quantitative estimate of drug-likeness (QED) is 0.633. The highest BCUT2D eigenvalue weighted by molar-refractivity contribution is 5.92. The monoisotopic (exact) mass is 315 g/mol. The molecular weight excluding hydrogens is 294 g/mol. The zero-order chi connectivity index (χ0) is 16.7. The minimum atomic E-state index is 0.327. The lowest BCUT2D eigenvalue weighted by atomic mass is 10.1. The van der Waals surface area contributed by atoms with Crippen molar-refractivity contribution in [3.8, 4) is 17.2 Å². The van der Waals surface area contributed by atoms with Gasteiger partial charge in [-0.25, -0.2) is 4.99 Å². The summed E-state index contributed by atoms with van der Waals surface area (Å²) in [6.07, 6.45) is 0. The van der Waals surface area contributed by atoms with E-state index in [1.54, 1.807) is 21.3 Å². The third-order valence-corrected chi connectivity index (χ3v) is 3.25. The van der Waals surface area contributed by atoms with Crippen LogP contribution >= 0.6 is 0 Å². The lowest BCUT2D eigenvalue weighted by Gasteiger charge is -2.15. The number of hydrogen-bond acceptors (Lipinski definition) is 4. The van der Waals surface area contributed by atoms with Gasteiger partial charge in [-0.3, -0.25) is 0 Å². The number of hydrogen-bond donors (Lipinski definition) is 2. The van der Waals surface area contributed by atoms with Crippen LogP contribution in [0.3, 0.4) is 0 Å². The summed E-state index contributed by atoms with van der Waals surface area (Å²) in [6.45, 7) is 0.356. The van der Waals surface area contributed by atoms with Crippen molar-refractivity contribution < 1.29 is 14.2 Å². The van der Waals surface area contributed by atoms with Crippen LogP contribution in [0.1, 0.15) is 5.56 Å². The fourth-order valence-corrected chi connectivity index (χ4v) is 2.17. The van der Waals surface area contributed by atoms with Gasteiger partial charge in [0.15, 0.2) is 17.5 Å². The molecule has 0 heterocycles. The highest BCUT2D eigenvalue weighted by Gasteiger charge is 2.15. The first-order valence-electron chi connectivity index (χ1n) is 7.09. The molecule has 0 aliphatic rings. The SMILES string of the molecule is COc1ccc(CN=C(N)Nc2ccccc2)c(OC)c1OC. The van der Waals surface area contributed by atoms with Gasteiger partial charge in [0, 0.05) is 11.3 Å². The molecule has 2 rings (SSSR count). The first kappa shape index (κ1) is 16.5. The molecule has 0 aliphatic heterocycles. The highest BCUT2D eigenvalue weighted by Crippen LogP contribution is 2.39. The Labute approximate surface area is 135 Å². The maximum atomic E-state index is 5.91. The first-order chi connectivity index (χ1) is 11.2. The standard InChI is InChI=1S/C17H21N3O3/c1-21-14-10-9-12(15(22-2)16(14)23-3)11-19-17(18)20-13-7-5-4-6-8-13/h4-10H,11H2,1-3H3,(H3,18,19,20). The highest BCUT2D eigenvalue weighted by atomic mass is 16.5. The molecule has 6 nitrogen and oxygen atoms in total. The summed E-state index contributed by atoms with van der Waals surface area (Å²) in [5, 5.41) is 3.03. The second-order valence-corrected chi connectivity index (χ2v) is 4.69. The number of ether oxygens (including phenoxy) is 3. The summed E-state index contributed by atoms with van der Waals surface area (Å²) in [5.74, 6) is 2.06. The van der Waals surface area contributed by atoms with Crippen molar-refractivity contribution in [1.29, 1.82) is 0 Å². The van der Waals surface area contributed by atoms with Gasteiger partial charge in [0.1, 0.15) is 0 Å². The van der Waals surface area contributed by atoms with Crippen molar-refractivity contribution in [2.24, 2.45) is 10.7 Å². The van der Waals surface area contributed by atoms with Crippen LogP contribution in [0.2, 0.25) is 0 Å². The Hall–Kier alpha value is -2.89. The first-order valence-corrected chi connectivity index (χ1v) is 7.09. The average Bonchev–Trinajstić information content (AvgIpc) is 2.59. The van der Waals surface area contributed by atoms with Crippen LogP contribution in [0, 0.1) is 0 Å². The molecule has 0 aromatic heterocycles. The molecule has 0 saturated heterocycles. The molecular formula is C17H21N3O3. The Morgan fingerprint density at radius 2 is 1.65 bits per heavy atom. The van der Waals surface area contributed by atoms with Crippen molar-refractivity contribution in [2.45, 2.75) is 6.54 Å². The van der Waals surface area contributed by atoms with Gasteiger partial charge in [0.2, 0.25) is 5.75 Å². The summed E-state index contributed by atoms with van der Waals surface area (Å²) in [7, 11) is 4.73. The van der Waals surface area contributed by atoms with Crippen LogP contribution in [0.15, 0.2) is 47.5 Å². The Kier molecular flexibility index (Phi) is 5.68. The molecule has 2 aromatic rings. The normalized spacial score (nSPS) is 11.0. The van der Waals surface area contributed by atoms with E-state index >= 15 is 0 Å². The molecule has 0 amide bonds. The number of anilines is 1. The van der Waals surface area contributed by atoms with Gasteiger partial charge in [-0.15, -0.1) is 0 Å². The Balaban J connectivity index is 2.18. The van der Waals surface area contributed by atoms with Gasteiger partial charge in [0.05, 0.1) is 27.9 Å². The van der Waals surface area contributed by atoms with Gasteiger partial charge in [-0.2, -0.15) is 0 Å². The molecule has 0 radical (unpaired) electrons. The Morgan fingerprint density at radius 1 is 0.957 bits per heavy atom. The van der Waals surface area contributed by atoms with Crippen molar-refractivity contribution in [3.05, 3.63) is 48.0 Å². The van der Waals surface area contributed by atoms with E-state index in [1.807, 2.05) is 42.5 Å². The lowest BCUT2D eigenvalue weighted by molar-refractivity contribution is 0.322. The van der Waals surface area contributed by atoms with Gasteiger partial charge in [-0.1, -0.05) is 18.2 Å². The van der Waals surface area contributed by atoms with Crippen molar-refractivity contribution in [3.63, 3.8) is 0 Å². The van der Waals surface area contributed by atoms with Gasteiger partial charge >= 0.3 is 0 Å². The third kappa shape index (κ3) is 4.06. The van der Waals surface area contributed by atoms with E-state index in [9.17, 15) is 0 Å². The van der Waals surface area contributed by atoms with E-state index in [4.69, 9.17) is 19.9 Å².